The summed E-state index contributed by atoms with van der Waals surface area (Å²) in [6, 6.07) is 10.6. The average molecular weight is 198 g/mol. The Hall–Kier alpha value is -0.390. The molecular weight excluding hydrogens is 179 g/mol. The summed E-state index contributed by atoms with van der Waals surface area (Å²) in [5, 5.41) is 1.38. The van der Waals surface area contributed by atoms with Gasteiger partial charge in [-0.1, -0.05) is 0 Å². The SMILES string of the molecule is CCCO[PH](C)(C)c1ccccc1. The van der Waals surface area contributed by atoms with Crippen molar-refractivity contribution in [2.24, 2.45) is 0 Å². The third-order valence-corrected chi connectivity index (χ3v) is 4.79. The number of hydrogen-bond acceptors (Lipinski definition) is 1. The molecule has 0 saturated carbocycles. The van der Waals surface area contributed by atoms with Crippen LogP contribution < -0.4 is 5.30 Å². The minimum atomic E-state index is -1.60. The molecule has 0 heterocycles. The maximum atomic E-state index is 5.90. The summed E-state index contributed by atoms with van der Waals surface area (Å²) in [7, 11) is -1.60. The molecule has 0 radical (unpaired) electrons. The maximum absolute atomic E-state index is 5.90. The van der Waals surface area contributed by atoms with Gasteiger partial charge in [0.25, 0.3) is 0 Å². The molecule has 0 spiro atoms. The summed E-state index contributed by atoms with van der Waals surface area (Å²) in [6.07, 6.45) is 1.10. The quantitative estimate of drug-likeness (QED) is 0.676. The van der Waals surface area contributed by atoms with Gasteiger partial charge >= 0.3 is 80.9 Å². The van der Waals surface area contributed by atoms with E-state index in [2.05, 4.69) is 44.5 Å². The Labute approximate surface area is 81.5 Å². The zero-order valence-electron chi connectivity index (χ0n) is 8.71. The van der Waals surface area contributed by atoms with E-state index < -0.39 is 7.49 Å². The predicted octanol–water partition coefficient (Wildman–Crippen LogP) is 2.66. The second kappa shape index (κ2) is 4.74. The summed E-state index contributed by atoms with van der Waals surface area (Å²) in [6.45, 7) is 7.53. The van der Waals surface area contributed by atoms with E-state index in [1.165, 1.54) is 5.30 Å². The molecule has 1 aromatic carbocycles. The molecule has 1 rings (SSSR count). The molecule has 0 aliphatic heterocycles. The summed E-state index contributed by atoms with van der Waals surface area (Å²) in [4.78, 5) is 0. The second-order valence-electron chi connectivity index (χ2n) is 3.72. The molecule has 74 valence electrons. The van der Waals surface area contributed by atoms with Crippen molar-refractivity contribution >= 4 is 12.8 Å². The molecular formula is C11H19OP. The zero-order valence-corrected chi connectivity index (χ0v) is 9.71. The molecule has 0 amide bonds. The number of hydrogen-bond donors (Lipinski definition) is 0. The van der Waals surface area contributed by atoms with Crippen LogP contribution in [0.2, 0.25) is 0 Å². The monoisotopic (exact) mass is 198 g/mol. The standard InChI is InChI=1S/C11H19OP/c1-4-10-12-13(2,3)11-8-6-5-7-9-11/h5-9,13H,4,10H2,1-3H3. The molecule has 0 bridgehead atoms. The van der Waals surface area contributed by atoms with Crippen molar-refractivity contribution in [3.8, 4) is 0 Å². The van der Waals surface area contributed by atoms with Gasteiger partial charge in [0, 0.05) is 0 Å². The van der Waals surface area contributed by atoms with Gasteiger partial charge < -0.3 is 0 Å². The van der Waals surface area contributed by atoms with Crippen LogP contribution in [0.4, 0.5) is 0 Å². The third-order valence-electron chi connectivity index (χ3n) is 2.14. The summed E-state index contributed by atoms with van der Waals surface area (Å²) < 4.78 is 5.90. The predicted molar refractivity (Wildman–Crippen MR) is 62.5 cm³/mol. The molecule has 0 atom stereocenters. The normalized spacial score (nSPS) is 12.8. The van der Waals surface area contributed by atoms with E-state index in [0.717, 1.165) is 13.0 Å². The van der Waals surface area contributed by atoms with E-state index in [0.29, 0.717) is 0 Å². The van der Waals surface area contributed by atoms with Gasteiger partial charge in [0.15, 0.2) is 0 Å². The van der Waals surface area contributed by atoms with E-state index in [4.69, 9.17) is 4.52 Å². The van der Waals surface area contributed by atoms with Crippen LogP contribution in [0.3, 0.4) is 0 Å². The van der Waals surface area contributed by atoms with Gasteiger partial charge in [0.1, 0.15) is 0 Å². The summed E-state index contributed by atoms with van der Waals surface area (Å²) >= 11 is 0. The van der Waals surface area contributed by atoms with Gasteiger partial charge in [-0.3, -0.25) is 0 Å². The topological polar surface area (TPSA) is 9.23 Å². The molecule has 2 heteroatoms. The Morgan fingerprint density at radius 1 is 1.15 bits per heavy atom. The molecule has 0 fully saturated rings. The third kappa shape index (κ3) is 3.10. The fourth-order valence-corrected chi connectivity index (χ4v) is 3.16. The molecule has 0 N–H and O–H groups in total. The van der Waals surface area contributed by atoms with E-state index >= 15 is 0 Å². The van der Waals surface area contributed by atoms with Crippen LogP contribution in [0, 0.1) is 0 Å². The van der Waals surface area contributed by atoms with Crippen LogP contribution in [-0.2, 0) is 4.52 Å². The van der Waals surface area contributed by atoms with Crippen LogP contribution in [0.5, 0.6) is 0 Å². The Morgan fingerprint density at radius 2 is 1.77 bits per heavy atom. The van der Waals surface area contributed by atoms with E-state index in [9.17, 15) is 0 Å². The Kier molecular flexibility index (Phi) is 3.90. The summed E-state index contributed by atoms with van der Waals surface area (Å²) in [5.41, 5.74) is 0. The van der Waals surface area contributed by atoms with Crippen molar-refractivity contribution in [3.63, 3.8) is 0 Å². The molecule has 0 saturated heterocycles. The number of benzene rings is 1. The molecule has 0 aliphatic carbocycles. The average Bonchev–Trinajstić information content (AvgIpc) is 2.16. The first-order valence-corrected chi connectivity index (χ1v) is 7.77. The second-order valence-corrected chi connectivity index (χ2v) is 7.61. The first-order valence-electron chi connectivity index (χ1n) is 4.86. The zero-order chi connectivity index (χ0) is 9.73. The van der Waals surface area contributed by atoms with Crippen molar-refractivity contribution in [2.45, 2.75) is 13.3 Å². The molecule has 13 heavy (non-hydrogen) atoms. The van der Waals surface area contributed by atoms with Crippen LogP contribution in [0.15, 0.2) is 30.3 Å². The van der Waals surface area contributed by atoms with Gasteiger partial charge in [-0.2, -0.15) is 0 Å². The first kappa shape index (κ1) is 10.7. The van der Waals surface area contributed by atoms with Gasteiger partial charge in [0.2, 0.25) is 0 Å². The van der Waals surface area contributed by atoms with Crippen molar-refractivity contribution in [1.82, 2.24) is 0 Å². The van der Waals surface area contributed by atoms with Gasteiger partial charge in [-0.25, -0.2) is 0 Å². The fraction of sp³-hybridized carbons (Fsp3) is 0.455. The van der Waals surface area contributed by atoms with Crippen LogP contribution in [0.25, 0.3) is 0 Å². The minimum absolute atomic E-state index is 0.883. The van der Waals surface area contributed by atoms with E-state index in [1.807, 2.05) is 6.07 Å². The van der Waals surface area contributed by atoms with Crippen molar-refractivity contribution < 1.29 is 4.52 Å². The van der Waals surface area contributed by atoms with Gasteiger partial charge in [-0.05, 0) is 0 Å². The van der Waals surface area contributed by atoms with Crippen LogP contribution in [-0.4, -0.2) is 19.9 Å². The van der Waals surface area contributed by atoms with Gasteiger partial charge in [-0.15, -0.1) is 0 Å². The molecule has 1 aromatic rings. The Bertz CT molecular complexity index is 244. The van der Waals surface area contributed by atoms with Gasteiger partial charge in [0.05, 0.1) is 0 Å². The van der Waals surface area contributed by atoms with Crippen molar-refractivity contribution in [2.75, 3.05) is 19.9 Å². The Morgan fingerprint density at radius 3 is 2.31 bits per heavy atom. The molecule has 0 aromatic heterocycles. The first-order chi connectivity index (χ1) is 6.17. The van der Waals surface area contributed by atoms with Crippen LogP contribution in [0.1, 0.15) is 13.3 Å². The fourth-order valence-electron chi connectivity index (χ4n) is 1.28. The van der Waals surface area contributed by atoms with Crippen molar-refractivity contribution in [1.29, 1.82) is 0 Å². The number of rotatable bonds is 4. The molecule has 0 unspecified atom stereocenters. The molecule has 0 aliphatic rings. The van der Waals surface area contributed by atoms with E-state index in [-0.39, 0.29) is 0 Å². The molecule has 1 nitrogen and oxygen atoms in total. The van der Waals surface area contributed by atoms with E-state index in [1.54, 1.807) is 0 Å². The summed E-state index contributed by atoms with van der Waals surface area (Å²) in [5.74, 6) is 0. The van der Waals surface area contributed by atoms with Crippen molar-refractivity contribution in [3.05, 3.63) is 30.3 Å². The van der Waals surface area contributed by atoms with Crippen LogP contribution >= 0.6 is 7.49 Å². The Balaban J connectivity index is 2.69.